The fourth-order valence-corrected chi connectivity index (χ4v) is 11.6. The molecule has 3 aromatic rings. The van der Waals surface area contributed by atoms with Crippen molar-refractivity contribution < 1.29 is 24.0 Å². The van der Waals surface area contributed by atoms with Crippen molar-refractivity contribution in [2.75, 3.05) is 49.1 Å². The number of halogens is 1. The number of hydrogen-bond acceptors (Lipinski definition) is 8. The maximum atomic E-state index is 13.5. The van der Waals surface area contributed by atoms with Crippen LogP contribution in [0.15, 0.2) is 54.6 Å². The first kappa shape index (κ1) is 37.0. The Morgan fingerprint density at radius 2 is 1.52 bits per heavy atom. The predicted octanol–water partition coefficient (Wildman–Crippen LogP) is 6.05. The third kappa shape index (κ3) is 6.16. The van der Waals surface area contributed by atoms with Crippen molar-refractivity contribution in [1.82, 2.24) is 20.0 Å². The van der Waals surface area contributed by atoms with Crippen LogP contribution in [0.4, 0.5) is 17.1 Å². The fraction of sp³-hybridized carbons (Fsp3) is 0.467. The average molecular weight is 800 g/mol. The van der Waals surface area contributed by atoms with Crippen LogP contribution in [-0.4, -0.2) is 95.6 Å². The van der Waals surface area contributed by atoms with Crippen LogP contribution in [0.2, 0.25) is 5.02 Å². The summed E-state index contributed by atoms with van der Waals surface area (Å²) < 4.78 is 0. The molecule has 0 aromatic heterocycles. The van der Waals surface area contributed by atoms with Gasteiger partial charge in [0.15, 0.2) is 0 Å². The van der Waals surface area contributed by atoms with Gasteiger partial charge in [-0.15, -0.1) is 0 Å². The lowest BCUT2D eigenvalue weighted by Gasteiger charge is -2.59. The van der Waals surface area contributed by atoms with Crippen LogP contribution < -0.4 is 15.1 Å². The minimum absolute atomic E-state index is 0.0995. The Morgan fingerprint density at radius 3 is 2.14 bits per heavy atom. The van der Waals surface area contributed by atoms with Crippen molar-refractivity contribution in [3.8, 4) is 0 Å². The molecule has 7 aliphatic rings. The maximum absolute atomic E-state index is 13.5. The molecule has 0 bridgehead atoms. The van der Waals surface area contributed by atoms with E-state index in [9.17, 15) is 24.0 Å². The summed E-state index contributed by atoms with van der Waals surface area (Å²) >= 11 is 6.39. The molecule has 5 amide bonds. The predicted molar refractivity (Wildman–Crippen MR) is 218 cm³/mol. The Balaban J connectivity index is 0.681. The number of rotatable bonds is 6. The van der Waals surface area contributed by atoms with Gasteiger partial charge in [0.2, 0.25) is 17.5 Å². The van der Waals surface area contributed by atoms with E-state index in [0.717, 1.165) is 98.7 Å². The van der Waals surface area contributed by atoms with Gasteiger partial charge in [-0.2, -0.15) is 0 Å². The highest BCUT2D eigenvalue weighted by atomic mass is 35.5. The summed E-state index contributed by atoms with van der Waals surface area (Å²) in [5.41, 5.74) is 6.72. The molecule has 1 saturated carbocycles. The average Bonchev–Trinajstić information content (AvgIpc) is 3.81. The van der Waals surface area contributed by atoms with Crippen molar-refractivity contribution in [1.29, 1.82) is 0 Å². The lowest BCUT2D eigenvalue weighted by molar-refractivity contribution is -0.136. The van der Waals surface area contributed by atoms with E-state index in [2.05, 4.69) is 43.9 Å². The van der Waals surface area contributed by atoms with Gasteiger partial charge in [0, 0.05) is 92.2 Å². The van der Waals surface area contributed by atoms with Crippen molar-refractivity contribution in [2.45, 2.75) is 77.0 Å². The molecule has 5 fully saturated rings. The number of hydrogen-bond donors (Lipinski definition) is 1. The number of nitrogens with zero attached hydrogens (tertiary/aromatic N) is 6. The lowest BCUT2D eigenvalue weighted by Crippen LogP contribution is -2.64. The molecule has 1 aliphatic carbocycles. The van der Waals surface area contributed by atoms with Crippen molar-refractivity contribution in [3.63, 3.8) is 0 Å². The first-order valence-electron chi connectivity index (χ1n) is 20.6. The number of imide groups is 2. The molecule has 6 aliphatic heterocycles. The summed E-state index contributed by atoms with van der Waals surface area (Å²) in [5, 5.41) is 2.76. The minimum Gasteiger partial charge on any atom is -0.371 e. The Hall–Kier alpha value is -5.25. The molecule has 4 saturated heterocycles. The van der Waals surface area contributed by atoms with Crippen LogP contribution in [0.25, 0.3) is 4.85 Å². The number of anilines is 2. The normalized spacial score (nSPS) is 24.8. The highest BCUT2D eigenvalue weighted by Gasteiger charge is 2.54. The number of likely N-dealkylation sites (tertiary alicyclic amines) is 1. The van der Waals surface area contributed by atoms with Gasteiger partial charge in [0.05, 0.1) is 17.7 Å². The second-order valence-corrected chi connectivity index (χ2v) is 18.6. The largest absolute Gasteiger partial charge is 0.371 e. The molecule has 10 rings (SSSR count). The smallest absolute Gasteiger partial charge is 0.262 e. The number of benzene rings is 3. The lowest BCUT2D eigenvalue weighted by atomic mass is 9.57. The van der Waals surface area contributed by atoms with Gasteiger partial charge in [-0.25, -0.2) is 4.85 Å². The molecule has 298 valence electrons. The van der Waals surface area contributed by atoms with E-state index in [1.54, 1.807) is 0 Å². The van der Waals surface area contributed by atoms with Crippen LogP contribution in [0.3, 0.4) is 0 Å². The second-order valence-electron chi connectivity index (χ2n) is 18.2. The van der Waals surface area contributed by atoms with E-state index in [-0.39, 0.29) is 35.5 Å². The van der Waals surface area contributed by atoms with Gasteiger partial charge in [0.25, 0.3) is 17.7 Å². The second kappa shape index (κ2) is 13.7. The summed E-state index contributed by atoms with van der Waals surface area (Å²) in [7, 11) is 0. The van der Waals surface area contributed by atoms with Crippen molar-refractivity contribution >= 4 is 58.2 Å². The summed E-state index contributed by atoms with van der Waals surface area (Å²) in [6.45, 7) is 16.5. The molecule has 1 unspecified atom stereocenters. The Bertz CT molecular complexity index is 2270. The number of nitrogens with one attached hydrogen (secondary N) is 1. The highest BCUT2D eigenvalue weighted by Crippen LogP contribution is 2.53. The van der Waals surface area contributed by atoms with Gasteiger partial charge in [0.1, 0.15) is 6.04 Å². The van der Waals surface area contributed by atoms with Gasteiger partial charge >= 0.3 is 0 Å². The van der Waals surface area contributed by atoms with Crippen LogP contribution in [0.5, 0.6) is 0 Å². The monoisotopic (exact) mass is 799 g/mol. The molecule has 6 heterocycles. The van der Waals surface area contributed by atoms with E-state index in [1.165, 1.54) is 5.69 Å². The zero-order chi connectivity index (χ0) is 40.1. The van der Waals surface area contributed by atoms with Gasteiger partial charge in [-0.3, -0.25) is 39.1 Å². The highest BCUT2D eigenvalue weighted by molar-refractivity contribution is 6.33. The van der Waals surface area contributed by atoms with E-state index < -0.39 is 23.8 Å². The van der Waals surface area contributed by atoms with Crippen molar-refractivity contribution in [2.24, 2.45) is 16.7 Å². The number of amides is 5. The molecule has 13 heteroatoms. The molecular formula is C45H46ClN7O5. The van der Waals surface area contributed by atoms with Gasteiger partial charge in [-0.05, 0) is 116 Å². The first-order chi connectivity index (χ1) is 27.9. The van der Waals surface area contributed by atoms with E-state index in [4.69, 9.17) is 18.2 Å². The van der Waals surface area contributed by atoms with E-state index >= 15 is 0 Å². The number of piperidine rings is 2. The van der Waals surface area contributed by atoms with Crippen LogP contribution in [0.1, 0.15) is 94.1 Å². The van der Waals surface area contributed by atoms with Gasteiger partial charge in [-0.1, -0.05) is 17.7 Å². The molecular weight excluding hydrogens is 754 g/mol. The summed E-state index contributed by atoms with van der Waals surface area (Å²) in [4.78, 5) is 78.0. The number of carbonyl (C=O) groups is 5. The zero-order valence-electron chi connectivity index (χ0n) is 32.6. The molecule has 12 nitrogen and oxygen atoms in total. The number of fused-ring (bicyclic) bond motifs is 2. The molecule has 1 N–H and O–H groups in total. The third-order valence-corrected chi connectivity index (χ3v) is 14.6. The van der Waals surface area contributed by atoms with Crippen LogP contribution >= 0.6 is 11.6 Å². The SMILES string of the molecule is [C-]#[N+]c1ccc(N2CC3(CCN(c4ccc(C(=O)N5CC6(CC(CN7Cc8cc9c(cc8C7)C(=O)N(C7CCC(=O)NC7=O)C9=O)C6)C5)cc4)CC3)C[C@@H]2C)cc1Cl. The standard InChI is InChI=1S/C45H46ClN7O5/c1-27-18-44(26-52(27)33-7-8-37(47-2)36(46)17-33)11-13-50(14-12-44)32-5-3-29(4-6-32)41(56)51-24-45(25-51)19-28(20-45)21-49-22-30-15-34-35(16-31(30)23-49)43(58)53(42(34)57)38-9-10-39(54)48-40(38)55/h3-8,15-17,27-28,38H,9-14,18-26H2,1H3,(H,48,54,55)/t27-,38?/m0/s1. The third-order valence-electron chi connectivity index (χ3n) is 14.3. The number of carbonyl (C=O) groups excluding carboxylic acids is 5. The van der Waals surface area contributed by atoms with Crippen LogP contribution in [-0.2, 0) is 22.7 Å². The minimum atomic E-state index is -0.959. The molecule has 2 spiro atoms. The van der Waals surface area contributed by atoms with E-state index in [0.29, 0.717) is 46.9 Å². The maximum Gasteiger partial charge on any atom is 0.262 e. The molecule has 0 radical (unpaired) electrons. The Kier molecular flexibility index (Phi) is 8.73. The van der Waals surface area contributed by atoms with Crippen molar-refractivity contribution in [3.05, 3.63) is 98.9 Å². The summed E-state index contributed by atoms with van der Waals surface area (Å²) in [6.07, 6.45) is 5.79. The molecule has 3 aromatic carbocycles. The summed E-state index contributed by atoms with van der Waals surface area (Å²) in [6, 6.07) is 17.1. The van der Waals surface area contributed by atoms with E-state index in [1.807, 2.05) is 47.4 Å². The van der Waals surface area contributed by atoms with Crippen LogP contribution in [0, 0.1) is 23.3 Å². The topological polar surface area (TPSA) is 118 Å². The quantitative estimate of drug-likeness (QED) is 0.237. The Morgan fingerprint density at radius 1 is 0.862 bits per heavy atom. The summed E-state index contributed by atoms with van der Waals surface area (Å²) in [5.74, 6) is -1.27. The Labute approximate surface area is 342 Å². The fourth-order valence-electron chi connectivity index (χ4n) is 11.4. The molecule has 2 atom stereocenters. The van der Waals surface area contributed by atoms with Gasteiger partial charge < -0.3 is 14.7 Å². The zero-order valence-corrected chi connectivity index (χ0v) is 33.4. The first-order valence-corrected chi connectivity index (χ1v) is 21.0. The molecule has 58 heavy (non-hydrogen) atoms.